The molecule has 10 heteroatoms. The number of carbonyl (C=O) groups is 3. The number of methoxy groups -OCH3 is 1. The Labute approximate surface area is 275 Å². The Morgan fingerprint density at radius 2 is 1.61 bits per heavy atom. The van der Waals surface area contributed by atoms with Crippen LogP contribution in [0.25, 0.3) is 17.3 Å². The maximum absolute atomic E-state index is 13.4. The average molecular weight is 649 g/mol. The van der Waals surface area contributed by atoms with Crippen molar-refractivity contribution in [2.24, 2.45) is 0 Å². The maximum atomic E-state index is 13.4. The number of amides is 3. The van der Waals surface area contributed by atoms with Gasteiger partial charge in [-0.05, 0) is 72.7 Å². The van der Waals surface area contributed by atoms with Crippen LogP contribution in [0.5, 0.6) is 5.75 Å². The minimum atomic E-state index is -0.475. The molecule has 0 aliphatic carbocycles. The van der Waals surface area contributed by atoms with E-state index in [1.54, 1.807) is 43.5 Å². The van der Waals surface area contributed by atoms with Gasteiger partial charge in [0.15, 0.2) is 5.13 Å². The van der Waals surface area contributed by atoms with E-state index >= 15 is 0 Å². The molecule has 0 bridgehead atoms. The molecule has 1 heterocycles. The second kappa shape index (κ2) is 15.7. The van der Waals surface area contributed by atoms with Gasteiger partial charge >= 0.3 is 0 Å². The summed E-state index contributed by atoms with van der Waals surface area (Å²) < 4.78 is 5.22. The fourth-order valence-electron chi connectivity index (χ4n) is 4.40. The van der Waals surface area contributed by atoms with Crippen molar-refractivity contribution in [1.29, 1.82) is 0 Å². The van der Waals surface area contributed by atoms with Crippen molar-refractivity contribution >= 4 is 57.7 Å². The summed E-state index contributed by atoms with van der Waals surface area (Å²) in [6.07, 6.45) is 2.21. The fourth-order valence-corrected chi connectivity index (χ4v) is 6.14. The van der Waals surface area contributed by atoms with E-state index in [1.807, 2.05) is 91.2 Å². The molecule has 3 amide bonds. The van der Waals surface area contributed by atoms with E-state index in [0.717, 1.165) is 27.5 Å². The first-order chi connectivity index (χ1) is 22.4. The molecule has 0 saturated heterocycles. The highest BCUT2D eigenvalue weighted by molar-refractivity contribution is 8.00. The number of rotatable bonds is 12. The van der Waals surface area contributed by atoms with Crippen LogP contribution in [0.2, 0.25) is 0 Å². The lowest BCUT2D eigenvalue weighted by Gasteiger charge is -2.15. The van der Waals surface area contributed by atoms with Gasteiger partial charge in [-0.2, -0.15) is 0 Å². The van der Waals surface area contributed by atoms with Gasteiger partial charge in [0.1, 0.15) is 11.4 Å². The highest BCUT2D eigenvalue weighted by Crippen LogP contribution is 2.30. The van der Waals surface area contributed by atoms with E-state index in [9.17, 15) is 14.4 Å². The third kappa shape index (κ3) is 8.71. The van der Waals surface area contributed by atoms with Crippen LogP contribution in [-0.4, -0.2) is 35.1 Å². The van der Waals surface area contributed by atoms with Crippen LogP contribution in [0.15, 0.2) is 125 Å². The van der Waals surface area contributed by atoms with Crippen LogP contribution < -0.4 is 20.7 Å². The molecule has 0 aliphatic heterocycles. The number of aromatic nitrogens is 1. The molecule has 0 radical (unpaired) electrons. The summed E-state index contributed by atoms with van der Waals surface area (Å²) in [7, 11) is 1.62. The molecule has 232 valence electrons. The van der Waals surface area contributed by atoms with Crippen LogP contribution >= 0.6 is 23.1 Å². The predicted octanol–water partition coefficient (Wildman–Crippen LogP) is 7.74. The second-order valence-corrected chi connectivity index (χ2v) is 12.2. The number of hydrogen-bond acceptors (Lipinski definition) is 7. The van der Waals surface area contributed by atoms with Crippen molar-refractivity contribution in [2.75, 3.05) is 17.7 Å². The molecule has 0 fully saturated rings. The summed E-state index contributed by atoms with van der Waals surface area (Å²) >= 11 is 2.76. The molecule has 1 unspecified atom stereocenters. The van der Waals surface area contributed by atoms with E-state index in [4.69, 9.17) is 4.74 Å². The molecule has 0 saturated carbocycles. The quantitative estimate of drug-likeness (QED) is 0.0944. The van der Waals surface area contributed by atoms with Crippen molar-refractivity contribution in [1.82, 2.24) is 10.3 Å². The number of benzene rings is 4. The highest BCUT2D eigenvalue weighted by atomic mass is 32.2. The Morgan fingerprint density at radius 1 is 0.891 bits per heavy atom. The number of thiazole rings is 1. The summed E-state index contributed by atoms with van der Waals surface area (Å²) in [5, 5.41) is 10.6. The number of carbonyl (C=O) groups excluding carboxylic acids is 3. The SMILES string of the molecule is CCC(Sc1cccc(NC(=O)/C(=C/c2ccccc2)NC(=O)c2ccccc2)c1)C(=O)Nc1nc(-c2ccc(OC)cc2)cs1. The molecule has 0 aliphatic rings. The van der Waals surface area contributed by atoms with Gasteiger partial charge in [0.2, 0.25) is 5.91 Å². The summed E-state index contributed by atoms with van der Waals surface area (Å²) in [6.45, 7) is 1.95. The van der Waals surface area contributed by atoms with Crippen LogP contribution in [-0.2, 0) is 9.59 Å². The molecule has 5 rings (SSSR count). The van der Waals surface area contributed by atoms with Crippen molar-refractivity contribution in [3.05, 3.63) is 131 Å². The summed E-state index contributed by atoms with van der Waals surface area (Å²) in [5.74, 6) is -0.265. The van der Waals surface area contributed by atoms with Crippen LogP contribution in [0.1, 0.15) is 29.3 Å². The lowest BCUT2D eigenvalue weighted by Crippen LogP contribution is -2.30. The van der Waals surface area contributed by atoms with Crippen LogP contribution in [0.3, 0.4) is 0 Å². The van der Waals surface area contributed by atoms with Gasteiger partial charge in [-0.3, -0.25) is 14.4 Å². The Morgan fingerprint density at radius 3 is 2.30 bits per heavy atom. The van der Waals surface area contributed by atoms with E-state index in [0.29, 0.717) is 22.8 Å². The first-order valence-electron chi connectivity index (χ1n) is 14.5. The second-order valence-electron chi connectivity index (χ2n) is 10.0. The smallest absolute Gasteiger partial charge is 0.272 e. The summed E-state index contributed by atoms with van der Waals surface area (Å²) in [6, 6.07) is 32.9. The molecule has 4 aromatic carbocycles. The van der Waals surface area contributed by atoms with Crippen molar-refractivity contribution in [3.63, 3.8) is 0 Å². The summed E-state index contributed by atoms with van der Waals surface area (Å²) in [5.41, 5.74) is 3.53. The predicted molar refractivity (Wildman–Crippen MR) is 186 cm³/mol. The molecule has 1 aromatic heterocycles. The Hall–Kier alpha value is -5.19. The normalized spacial score (nSPS) is 11.7. The highest BCUT2D eigenvalue weighted by Gasteiger charge is 2.20. The number of nitrogens with one attached hydrogen (secondary N) is 3. The zero-order valence-electron chi connectivity index (χ0n) is 25.2. The van der Waals surface area contributed by atoms with Gasteiger partial charge in [-0.15, -0.1) is 23.1 Å². The van der Waals surface area contributed by atoms with Gasteiger partial charge in [-0.25, -0.2) is 4.98 Å². The van der Waals surface area contributed by atoms with Gasteiger partial charge < -0.3 is 20.7 Å². The third-order valence-electron chi connectivity index (χ3n) is 6.79. The largest absolute Gasteiger partial charge is 0.497 e. The molecule has 3 N–H and O–H groups in total. The molecule has 46 heavy (non-hydrogen) atoms. The maximum Gasteiger partial charge on any atom is 0.272 e. The lowest BCUT2D eigenvalue weighted by molar-refractivity contribution is -0.116. The lowest BCUT2D eigenvalue weighted by atomic mass is 10.1. The van der Waals surface area contributed by atoms with Gasteiger partial charge in [0, 0.05) is 27.1 Å². The molecule has 5 aromatic rings. The average Bonchev–Trinajstić information content (AvgIpc) is 3.56. The molecule has 1 atom stereocenters. The van der Waals surface area contributed by atoms with Crippen molar-refractivity contribution < 1.29 is 19.1 Å². The van der Waals surface area contributed by atoms with Gasteiger partial charge in [-0.1, -0.05) is 61.5 Å². The molecule has 0 spiro atoms. The number of anilines is 2. The first kappa shape index (κ1) is 32.2. The van der Waals surface area contributed by atoms with E-state index in [2.05, 4.69) is 20.9 Å². The molecule has 8 nitrogen and oxygen atoms in total. The number of thioether (sulfide) groups is 1. The Bertz CT molecular complexity index is 1820. The number of nitrogens with zero attached hydrogens (tertiary/aromatic N) is 1. The Kier molecular flexibility index (Phi) is 11.0. The van der Waals surface area contributed by atoms with E-state index in [1.165, 1.54) is 23.1 Å². The standard InChI is InChI=1S/C36H32N4O4S2/c1-3-32(35(43)40-36-39-31(23-45-36)25-17-19-28(44-2)20-18-25)46-29-16-10-15-27(22-29)37-34(42)30(21-24-11-6-4-7-12-24)38-33(41)26-13-8-5-9-14-26/h4-23,32H,3H2,1-2H3,(H,37,42)(H,38,41)(H,39,40,43)/b30-21-. The van der Waals surface area contributed by atoms with Crippen molar-refractivity contribution in [3.8, 4) is 17.0 Å². The third-order valence-corrected chi connectivity index (χ3v) is 8.91. The number of ether oxygens (including phenoxy) is 1. The fraction of sp³-hybridized carbons (Fsp3) is 0.111. The van der Waals surface area contributed by atoms with Crippen LogP contribution in [0, 0.1) is 0 Å². The monoisotopic (exact) mass is 648 g/mol. The van der Waals surface area contributed by atoms with Gasteiger partial charge in [0.05, 0.1) is 18.1 Å². The molecular formula is C36H32N4O4S2. The summed E-state index contributed by atoms with van der Waals surface area (Å²) in [4.78, 5) is 45.0. The minimum absolute atomic E-state index is 0.0985. The van der Waals surface area contributed by atoms with Crippen LogP contribution in [0.4, 0.5) is 10.8 Å². The molecular weight excluding hydrogens is 617 g/mol. The zero-order valence-corrected chi connectivity index (χ0v) is 26.9. The Balaban J connectivity index is 1.25. The van der Waals surface area contributed by atoms with Crippen molar-refractivity contribution in [2.45, 2.75) is 23.5 Å². The van der Waals surface area contributed by atoms with E-state index < -0.39 is 17.1 Å². The number of hydrogen-bond donors (Lipinski definition) is 3. The van der Waals surface area contributed by atoms with E-state index in [-0.39, 0.29) is 11.6 Å². The topological polar surface area (TPSA) is 109 Å². The zero-order chi connectivity index (χ0) is 32.3. The first-order valence-corrected chi connectivity index (χ1v) is 16.3. The van der Waals surface area contributed by atoms with Gasteiger partial charge in [0.25, 0.3) is 11.8 Å². The minimum Gasteiger partial charge on any atom is -0.497 e.